The van der Waals surface area contributed by atoms with Crippen LogP contribution in [0.1, 0.15) is 19.8 Å². The number of thioether (sulfide) groups is 1. The smallest absolute Gasteiger partial charge is 0.410 e. The van der Waals surface area contributed by atoms with Crippen molar-refractivity contribution in [2.75, 3.05) is 40.3 Å². The summed E-state index contributed by atoms with van der Waals surface area (Å²) in [5.41, 5.74) is 0. The van der Waals surface area contributed by atoms with Crippen LogP contribution in [0.15, 0.2) is 12.7 Å². The fraction of sp³-hybridized carbons (Fsp3) is 0.706. The van der Waals surface area contributed by atoms with Crippen LogP contribution in [0.4, 0.5) is 4.79 Å². The Morgan fingerprint density at radius 3 is 2.72 bits per heavy atom. The maximum absolute atomic E-state index is 12.8. The van der Waals surface area contributed by atoms with Gasteiger partial charge in [0.1, 0.15) is 6.61 Å². The predicted octanol–water partition coefficient (Wildman–Crippen LogP) is 1.19. The number of carbonyl (C=O) groups is 3. The molecule has 2 aliphatic rings. The van der Waals surface area contributed by atoms with Crippen LogP contribution < -0.4 is 0 Å². The summed E-state index contributed by atoms with van der Waals surface area (Å²) in [6.45, 7) is 7.17. The molecule has 0 bridgehead atoms. The first kappa shape index (κ1) is 19.8. The van der Waals surface area contributed by atoms with Gasteiger partial charge < -0.3 is 14.5 Å². The average Bonchev–Trinajstić information content (AvgIpc) is 3.17. The minimum Gasteiger partial charge on any atom is -0.445 e. The number of likely N-dealkylation sites (N-methyl/N-ethyl adjacent to an activating group) is 2. The predicted molar refractivity (Wildman–Crippen MR) is 97.4 cm³/mol. The molecule has 0 aliphatic carbocycles. The van der Waals surface area contributed by atoms with Crippen molar-refractivity contribution in [3.8, 4) is 0 Å². The van der Waals surface area contributed by atoms with Crippen LogP contribution in [0.5, 0.6) is 0 Å². The summed E-state index contributed by atoms with van der Waals surface area (Å²) < 4.78 is 5.05. The van der Waals surface area contributed by atoms with Crippen LogP contribution in [-0.2, 0) is 14.3 Å². The Bertz CT molecular complexity index is 542. The van der Waals surface area contributed by atoms with Gasteiger partial charge >= 0.3 is 6.09 Å². The summed E-state index contributed by atoms with van der Waals surface area (Å²) in [6, 6.07) is -0.219. The molecule has 140 valence electrons. The van der Waals surface area contributed by atoms with Gasteiger partial charge in [-0.25, -0.2) is 4.79 Å². The maximum Gasteiger partial charge on any atom is 0.410 e. The van der Waals surface area contributed by atoms with E-state index >= 15 is 0 Å². The second-order valence-electron chi connectivity index (χ2n) is 6.63. The van der Waals surface area contributed by atoms with Gasteiger partial charge in [-0.1, -0.05) is 24.4 Å². The molecule has 2 aliphatic heterocycles. The third kappa shape index (κ3) is 4.98. The molecule has 0 radical (unpaired) electrons. The van der Waals surface area contributed by atoms with Crippen molar-refractivity contribution in [2.45, 2.75) is 37.1 Å². The Kier molecular flexibility index (Phi) is 6.89. The van der Waals surface area contributed by atoms with E-state index < -0.39 is 6.09 Å². The van der Waals surface area contributed by atoms with E-state index in [9.17, 15) is 14.4 Å². The summed E-state index contributed by atoms with van der Waals surface area (Å²) in [4.78, 5) is 41.5. The first-order valence-corrected chi connectivity index (χ1v) is 9.38. The number of hydrogen-bond acceptors (Lipinski definition) is 6. The van der Waals surface area contributed by atoms with Crippen molar-refractivity contribution in [1.82, 2.24) is 14.7 Å². The van der Waals surface area contributed by atoms with E-state index in [4.69, 9.17) is 4.74 Å². The van der Waals surface area contributed by atoms with Gasteiger partial charge in [-0.2, -0.15) is 0 Å². The molecule has 8 heteroatoms. The molecule has 0 aromatic carbocycles. The maximum atomic E-state index is 12.8. The van der Waals surface area contributed by atoms with E-state index in [0.29, 0.717) is 19.5 Å². The molecule has 3 atom stereocenters. The van der Waals surface area contributed by atoms with Crippen molar-refractivity contribution in [1.29, 1.82) is 0 Å². The number of rotatable bonds is 5. The van der Waals surface area contributed by atoms with Gasteiger partial charge in [-0.3, -0.25) is 14.5 Å². The molecule has 0 saturated carbocycles. The number of likely N-dealkylation sites (tertiary alicyclic amines) is 2. The van der Waals surface area contributed by atoms with Gasteiger partial charge in [-0.15, -0.1) is 0 Å². The highest BCUT2D eigenvalue weighted by Gasteiger charge is 2.40. The highest BCUT2D eigenvalue weighted by atomic mass is 32.2. The minimum absolute atomic E-state index is 0.0321. The van der Waals surface area contributed by atoms with E-state index in [0.717, 1.165) is 13.0 Å². The van der Waals surface area contributed by atoms with Crippen LogP contribution in [0.3, 0.4) is 0 Å². The number of carbonyl (C=O) groups excluding carboxylic acids is 3. The quantitative estimate of drug-likeness (QED) is 0.678. The van der Waals surface area contributed by atoms with Crippen molar-refractivity contribution in [3.05, 3.63) is 12.7 Å². The molecule has 0 N–H and O–H groups in total. The lowest BCUT2D eigenvalue weighted by molar-refractivity contribution is -0.134. The molecule has 2 saturated heterocycles. The van der Waals surface area contributed by atoms with Crippen LogP contribution in [-0.4, -0.2) is 89.5 Å². The second-order valence-corrected chi connectivity index (χ2v) is 8.10. The van der Waals surface area contributed by atoms with E-state index in [1.54, 1.807) is 18.9 Å². The van der Waals surface area contributed by atoms with E-state index in [2.05, 4.69) is 6.58 Å². The molecule has 0 spiro atoms. The van der Waals surface area contributed by atoms with Crippen molar-refractivity contribution in [2.24, 2.45) is 0 Å². The van der Waals surface area contributed by atoms with E-state index in [-0.39, 0.29) is 35.0 Å². The van der Waals surface area contributed by atoms with Gasteiger partial charge in [0, 0.05) is 38.9 Å². The SMILES string of the molecule is C=CCOC(=O)N(C)[C@@H]1CCN(C(=O)[C@@H]2C[C@H](SC(C)=O)CN2C)C1. The molecule has 0 aromatic rings. The summed E-state index contributed by atoms with van der Waals surface area (Å²) in [5, 5.41) is 0.263. The van der Waals surface area contributed by atoms with Gasteiger partial charge in [0.2, 0.25) is 5.91 Å². The molecule has 7 nitrogen and oxygen atoms in total. The molecule has 2 heterocycles. The Balaban J connectivity index is 1.88. The number of nitrogens with zero attached hydrogens (tertiary/aromatic N) is 3. The third-order valence-corrected chi connectivity index (χ3v) is 5.77. The standard InChI is InChI=1S/C17H27N3O4S/c1-5-8-24-17(23)19(4)13-6-7-20(10-13)16(22)15-9-14(11-18(15)3)25-12(2)21/h5,13-15H,1,6-11H2,2-4H3/t13-,14+,15+/m1/s1. The largest absolute Gasteiger partial charge is 0.445 e. The van der Waals surface area contributed by atoms with Crippen molar-refractivity contribution >= 4 is 28.9 Å². The van der Waals surface area contributed by atoms with Gasteiger partial charge in [0.25, 0.3) is 0 Å². The zero-order valence-electron chi connectivity index (χ0n) is 15.1. The van der Waals surface area contributed by atoms with Crippen LogP contribution >= 0.6 is 11.8 Å². The second kappa shape index (κ2) is 8.71. The number of ether oxygens (including phenoxy) is 1. The molecule has 2 amide bonds. The van der Waals surface area contributed by atoms with Gasteiger partial charge in [-0.05, 0) is 19.9 Å². The zero-order valence-corrected chi connectivity index (χ0v) is 16.0. The molecule has 25 heavy (non-hydrogen) atoms. The van der Waals surface area contributed by atoms with E-state index in [1.807, 2.05) is 16.8 Å². The Morgan fingerprint density at radius 1 is 1.36 bits per heavy atom. The lowest BCUT2D eigenvalue weighted by Crippen LogP contribution is -2.45. The molecular formula is C17H27N3O4S. The summed E-state index contributed by atoms with van der Waals surface area (Å²) in [5.74, 6) is 0.0875. The molecule has 2 fully saturated rings. The lowest BCUT2D eigenvalue weighted by Gasteiger charge is -2.27. The number of amides is 2. The molecule has 2 rings (SSSR count). The minimum atomic E-state index is -0.393. The van der Waals surface area contributed by atoms with Crippen LogP contribution in [0.25, 0.3) is 0 Å². The molecular weight excluding hydrogens is 342 g/mol. The third-order valence-electron chi connectivity index (χ3n) is 4.76. The van der Waals surface area contributed by atoms with Crippen LogP contribution in [0.2, 0.25) is 0 Å². The summed E-state index contributed by atoms with van der Waals surface area (Å²) >= 11 is 1.32. The highest BCUT2D eigenvalue weighted by Crippen LogP contribution is 2.29. The lowest BCUT2D eigenvalue weighted by atomic mass is 10.2. The normalized spacial score (nSPS) is 26.5. The highest BCUT2D eigenvalue weighted by molar-refractivity contribution is 8.14. The van der Waals surface area contributed by atoms with Gasteiger partial charge in [0.05, 0.1) is 12.1 Å². The topological polar surface area (TPSA) is 70.2 Å². The zero-order chi connectivity index (χ0) is 18.6. The Hall–Kier alpha value is -1.54. The first-order chi connectivity index (χ1) is 11.8. The van der Waals surface area contributed by atoms with Gasteiger partial charge in [0.15, 0.2) is 5.12 Å². The van der Waals surface area contributed by atoms with Crippen molar-refractivity contribution in [3.63, 3.8) is 0 Å². The van der Waals surface area contributed by atoms with Crippen molar-refractivity contribution < 1.29 is 19.1 Å². The fourth-order valence-electron chi connectivity index (χ4n) is 3.41. The first-order valence-electron chi connectivity index (χ1n) is 8.50. The summed E-state index contributed by atoms with van der Waals surface area (Å²) in [6.07, 6.45) is 2.57. The summed E-state index contributed by atoms with van der Waals surface area (Å²) in [7, 11) is 3.63. The van der Waals surface area contributed by atoms with E-state index in [1.165, 1.54) is 17.8 Å². The molecule has 0 aromatic heterocycles. The average molecular weight is 369 g/mol. The molecule has 0 unspecified atom stereocenters. The Labute approximate surface area is 153 Å². The monoisotopic (exact) mass is 369 g/mol. The van der Waals surface area contributed by atoms with Crippen LogP contribution in [0, 0.1) is 0 Å². The Morgan fingerprint density at radius 2 is 2.08 bits per heavy atom. The fourth-order valence-corrected chi connectivity index (χ4v) is 4.47. The number of hydrogen-bond donors (Lipinski definition) is 0.